The molecule has 1 unspecified atom stereocenters. The van der Waals surface area contributed by atoms with E-state index in [2.05, 4.69) is 22.5 Å². The maximum absolute atomic E-state index is 11.1. The van der Waals surface area contributed by atoms with Gasteiger partial charge in [-0.15, -0.1) is 0 Å². The van der Waals surface area contributed by atoms with Crippen LogP contribution in [-0.4, -0.2) is 29.7 Å². The van der Waals surface area contributed by atoms with Crippen molar-refractivity contribution in [3.63, 3.8) is 0 Å². The van der Waals surface area contributed by atoms with Crippen molar-refractivity contribution in [3.8, 4) is 0 Å². The van der Waals surface area contributed by atoms with Gasteiger partial charge in [0.1, 0.15) is 0 Å². The van der Waals surface area contributed by atoms with Crippen LogP contribution in [0.1, 0.15) is 18.0 Å². The van der Waals surface area contributed by atoms with E-state index in [-0.39, 0.29) is 0 Å². The first-order chi connectivity index (χ1) is 8.11. The van der Waals surface area contributed by atoms with Gasteiger partial charge >= 0.3 is 5.76 Å². The lowest BCUT2D eigenvalue weighted by Crippen LogP contribution is -2.20. The fourth-order valence-electron chi connectivity index (χ4n) is 2.02. The quantitative estimate of drug-likeness (QED) is 0.819. The predicted octanol–water partition coefficient (Wildman–Crippen LogP) is 2.04. The second kappa shape index (κ2) is 4.98. The lowest BCUT2D eigenvalue weighted by molar-refractivity contribution is 0.294. The Morgan fingerprint density at radius 1 is 1.47 bits per heavy atom. The Kier molecular flexibility index (Phi) is 3.59. The maximum atomic E-state index is 11.1. The molecular formula is C12H16N2O2S. The smallest absolute Gasteiger partial charge is 0.408 e. The van der Waals surface area contributed by atoms with Gasteiger partial charge in [0.25, 0.3) is 0 Å². The molecule has 0 radical (unpaired) electrons. The van der Waals surface area contributed by atoms with Crippen LogP contribution in [0.4, 0.5) is 0 Å². The Morgan fingerprint density at radius 3 is 2.88 bits per heavy atom. The molecule has 0 aliphatic rings. The Morgan fingerprint density at radius 2 is 2.24 bits per heavy atom. The van der Waals surface area contributed by atoms with Gasteiger partial charge in [-0.1, -0.05) is 6.07 Å². The molecule has 1 atom stereocenters. The van der Waals surface area contributed by atoms with E-state index in [0.29, 0.717) is 11.6 Å². The van der Waals surface area contributed by atoms with Crippen LogP contribution in [0.15, 0.2) is 27.4 Å². The van der Waals surface area contributed by atoms with Crippen molar-refractivity contribution in [1.29, 1.82) is 0 Å². The molecular weight excluding hydrogens is 236 g/mol. The summed E-state index contributed by atoms with van der Waals surface area (Å²) in [5.74, 6) is 0.413. The number of aromatic amines is 1. The first-order valence-electron chi connectivity index (χ1n) is 5.52. The van der Waals surface area contributed by atoms with E-state index < -0.39 is 5.76 Å². The zero-order valence-corrected chi connectivity index (χ0v) is 10.8. The topological polar surface area (TPSA) is 49.2 Å². The van der Waals surface area contributed by atoms with E-state index in [4.69, 9.17) is 4.42 Å². The molecule has 0 saturated heterocycles. The summed E-state index contributed by atoms with van der Waals surface area (Å²) in [5.41, 5.74) is 2.51. The molecule has 5 heteroatoms. The summed E-state index contributed by atoms with van der Waals surface area (Å²) < 4.78 is 4.98. The molecule has 0 spiro atoms. The molecule has 0 aliphatic carbocycles. The number of nitrogens with one attached hydrogen (secondary N) is 1. The van der Waals surface area contributed by atoms with Crippen molar-refractivity contribution in [1.82, 2.24) is 9.88 Å². The lowest BCUT2D eigenvalue weighted by atomic mass is 10.0. The average molecular weight is 252 g/mol. The number of nitrogens with zero attached hydrogens (tertiary/aromatic N) is 1. The molecule has 0 amide bonds. The number of oxazole rings is 1. The van der Waals surface area contributed by atoms with Gasteiger partial charge in [-0.3, -0.25) is 4.98 Å². The van der Waals surface area contributed by atoms with Crippen molar-refractivity contribution >= 4 is 23.7 Å². The summed E-state index contributed by atoms with van der Waals surface area (Å²) in [6.07, 6.45) is 0.962. The van der Waals surface area contributed by atoms with Crippen LogP contribution in [0.25, 0.3) is 11.1 Å². The Hall–Kier alpha value is -1.20. The van der Waals surface area contributed by atoms with E-state index in [1.165, 1.54) is 0 Å². The second-order valence-corrected chi connectivity index (χ2v) is 4.71. The average Bonchev–Trinajstić information content (AvgIpc) is 2.64. The minimum atomic E-state index is -0.409. The third-order valence-corrected chi connectivity index (χ3v) is 3.11. The highest BCUT2D eigenvalue weighted by Gasteiger charge is 2.14. The summed E-state index contributed by atoms with van der Waals surface area (Å²) in [6.45, 7) is 0. The molecule has 0 bridgehead atoms. The van der Waals surface area contributed by atoms with Crippen molar-refractivity contribution in [2.24, 2.45) is 0 Å². The number of H-pyrrole nitrogens is 1. The van der Waals surface area contributed by atoms with Gasteiger partial charge < -0.3 is 9.32 Å². The first kappa shape index (κ1) is 12.3. The van der Waals surface area contributed by atoms with Crippen LogP contribution in [-0.2, 0) is 0 Å². The maximum Gasteiger partial charge on any atom is 0.417 e. The molecule has 0 saturated carbocycles. The van der Waals surface area contributed by atoms with E-state index in [1.54, 1.807) is 0 Å². The van der Waals surface area contributed by atoms with Crippen LogP contribution in [0, 0.1) is 0 Å². The molecule has 1 heterocycles. The first-order valence-corrected chi connectivity index (χ1v) is 6.15. The van der Waals surface area contributed by atoms with Crippen molar-refractivity contribution in [3.05, 3.63) is 34.3 Å². The highest BCUT2D eigenvalue weighted by Crippen LogP contribution is 2.24. The molecule has 92 valence electrons. The molecule has 0 aliphatic heterocycles. The van der Waals surface area contributed by atoms with Crippen LogP contribution in [0.2, 0.25) is 0 Å². The molecule has 2 rings (SSSR count). The molecule has 1 N–H and O–H groups in total. The van der Waals surface area contributed by atoms with Crippen molar-refractivity contribution in [2.45, 2.75) is 12.5 Å². The predicted molar refractivity (Wildman–Crippen MR) is 71.7 cm³/mol. The van der Waals surface area contributed by atoms with E-state index >= 15 is 0 Å². The van der Waals surface area contributed by atoms with Gasteiger partial charge in [-0.2, -0.15) is 12.6 Å². The minimum Gasteiger partial charge on any atom is -0.408 e. The molecule has 1 aromatic carbocycles. The standard InChI is InChI=1S/C12H16N2O2S/c1-14(2)10(5-6-17)8-3-4-11-9(7-8)13-12(15)16-11/h3-4,7,10,17H,5-6H2,1-2H3,(H,13,15). The summed E-state index contributed by atoms with van der Waals surface area (Å²) in [7, 11) is 4.08. The molecule has 4 nitrogen and oxygen atoms in total. The van der Waals surface area contributed by atoms with Gasteiger partial charge in [-0.05, 0) is 44.0 Å². The Balaban J connectivity index is 2.42. The number of thiol groups is 1. The van der Waals surface area contributed by atoms with Gasteiger partial charge in [0.05, 0.1) is 5.52 Å². The highest BCUT2D eigenvalue weighted by molar-refractivity contribution is 7.80. The zero-order valence-electron chi connectivity index (χ0n) is 9.93. The number of benzene rings is 1. The number of fused-ring (bicyclic) bond motifs is 1. The number of rotatable bonds is 4. The van der Waals surface area contributed by atoms with Gasteiger partial charge in [-0.25, -0.2) is 4.79 Å². The summed E-state index contributed by atoms with van der Waals surface area (Å²) in [4.78, 5) is 15.9. The van der Waals surface area contributed by atoms with Crippen LogP contribution < -0.4 is 5.76 Å². The number of hydrogen-bond acceptors (Lipinski definition) is 4. The van der Waals surface area contributed by atoms with E-state index in [0.717, 1.165) is 23.3 Å². The van der Waals surface area contributed by atoms with Gasteiger partial charge in [0.15, 0.2) is 5.58 Å². The molecule has 1 aromatic heterocycles. The van der Waals surface area contributed by atoms with Crippen molar-refractivity contribution < 1.29 is 4.42 Å². The van der Waals surface area contributed by atoms with Crippen LogP contribution >= 0.6 is 12.6 Å². The Labute approximate surface area is 105 Å². The fourth-order valence-corrected chi connectivity index (χ4v) is 2.27. The van der Waals surface area contributed by atoms with Gasteiger partial charge in [0, 0.05) is 6.04 Å². The number of aromatic nitrogens is 1. The van der Waals surface area contributed by atoms with E-state index in [1.807, 2.05) is 32.3 Å². The van der Waals surface area contributed by atoms with E-state index in [9.17, 15) is 4.79 Å². The number of hydrogen-bond donors (Lipinski definition) is 2. The lowest BCUT2D eigenvalue weighted by Gasteiger charge is -2.24. The fraction of sp³-hybridized carbons (Fsp3) is 0.417. The summed E-state index contributed by atoms with van der Waals surface area (Å²) in [5, 5.41) is 0. The third kappa shape index (κ3) is 2.56. The summed E-state index contributed by atoms with van der Waals surface area (Å²) >= 11 is 4.28. The van der Waals surface area contributed by atoms with Gasteiger partial charge in [0.2, 0.25) is 0 Å². The highest BCUT2D eigenvalue weighted by atomic mass is 32.1. The monoisotopic (exact) mass is 252 g/mol. The van der Waals surface area contributed by atoms with Crippen LogP contribution in [0.3, 0.4) is 0 Å². The zero-order chi connectivity index (χ0) is 12.4. The SMILES string of the molecule is CN(C)C(CCS)c1ccc2oc(=O)[nH]c2c1. The normalized spacial score (nSPS) is 13.4. The molecule has 2 aromatic rings. The largest absolute Gasteiger partial charge is 0.417 e. The Bertz CT molecular complexity index is 559. The molecule has 0 fully saturated rings. The third-order valence-electron chi connectivity index (χ3n) is 2.85. The second-order valence-electron chi connectivity index (χ2n) is 4.26. The summed E-state index contributed by atoms with van der Waals surface area (Å²) in [6, 6.07) is 6.09. The van der Waals surface area contributed by atoms with Crippen molar-refractivity contribution in [2.75, 3.05) is 19.8 Å². The molecule has 17 heavy (non-hydrogen) atoms. The van der Waals surface area contributed by atoms with Crippen LogP contribution in [0.5, 0.6) is 0 Å². The minimum absolute atomic E-state index is 0.301.